The minimum absolute atomic E-state index is 0.144. The molecule has 0 atom stereocenters. The standard InChI is InChI=1S/C33H57N3O5/c1-26(2)33(27(3)4,32(38)34-17-18-35-19-21-36(22-20-35)28(5)37)16-11-9-8-10-13-29-14-15-30(40-7)31(25-29)41-24-12-23-39-6/h14-15,25-27H,8-13,16-24H2,1-7H3,(H,34,38). The van der Waals surface area contributed by atoms with Crippen LogP contribution in [-0.4, -0.2) is 88.3 Å². The van der Waals surface area contributed by atoms with Gasteiger partial charge in [-0.1, -0.05) is 53.0 Å². The van der Waals surface area contributed by atoms with Crippen LogP contribution in [0.5, 0.6) is 11.5 Å². The third kappa shape index (κ3) is 10.8. The summed E-state index contributed by atoms with van der Waals surface area (Å²) in [6.07, 6.45) is 7.16. The number of carbonyl (C=O) groups is 2. The van der Waals surface area contributed by atoms with Crippen LogP contribution < -0.4 is 14.8 Å². The van der Waals surface area contributed by atoms with Gasteiger partial charge in [-0.25, -0.2) is 0 Å². The fraction of sp³-hybridized carbons (Fsp3) is 0.758. The molecule has 1 N–H and O–H groups in total. The molecule has 1 fully saturated rings. The fourth-order valence-electron chi connectivity index (χ4n) is 6.14. The molecule has 1 saturated heterocycles. The van der Waals surface area contributed by atoms with Gasteiger partial charge < -0.3 is 24.4 Å². The van der Waals surface area contributed by atoms with E-state index in [1.165, 1.54) is 5.56 Å². The molecular weight excluding hydrogens is 518 g/mol. The fourth-order valence-corrected chi connectivity index (χ4v) is 6.14. The summed E-state index contributed by atoms with van der Waals surface area (Å²) in [5.41, 5.74) is 0.895. The highest BCUT2D eigenvalue weighted by Crippen LogP contribution is 2.41. The first-order chi connectivity index (χ1) is 19.6. The zero-order valence-corrected chi connectivity index (χ0v) is 26.9. The van der Waals surface area contributed by atoms with Crippen LogP contribution in [0.3, 0.4) is 0 Å². The average Bonchev–Trinajstić information content (AvgIpc) is 2.95. The van der Waals surface area contributed by atoms with Crippen molar-refractivity contribution in [3.63, 3.8) is 0 Å². The lowest BCUT2D eigenvalue weighted by molar-refractivity contribution is -0.137. The summed E-state index contributed by atoms with van der Waals surface area (Å²) in [6, 6.07) is 6.21. The Balaban J connectivity index is 1.80. The van der Waals surface area contributed by atoms with Crippen molar-refractivity contribution in [1.82, 2.24) is 15.1 Å². The maximum absolute atomic E-state index is 13.6. The van der Waals surface area contributed by atoms with Crippen LogP contribution in [0, 0.1) is 17.3 Å². The summed E-state index contributed by atoms with van der Waals surface area (Å²) < 4.78 is 16.5. The number of rotatable bonds is 19. The van der Waals surface area contributed by atoms with Gasteiger partial charge in [-0.3, -0.25) is 14.5 Å². The summed E-state index contributed by atoms with van der Waals surface area (Å²) in [5, 5.41) is 3.29. The molecule has 0 saturated carbocycles. The smallest absolute Gasteiger partial charge is 0.226 e. The van der Waals surface area contributed by atoms with E-state index in [1.54, 1.807) is 21.1 Å². The molecule has 1 aliphatic rings. The van der Waals surface area contributed by atoms with Crippen molar-refractivity contribution in [3.8, 4) is 11.5 Å². The quantitative estimate of drug-likeness (QED) is 0.229. The van der Waals surface area contributed by atoms with Crippen molar-refractivity contribution in [2.24, 2.45) is 17.3 Å². The molecule has 1 aliphatic heterocycles. The zero-order valence-electron chi connectivity index (χ0n) is 26.9. The number of unbranched alkanes of at least 4 members (excludes halogenated alkanes) is 3. The van der Waals surface area contributed by atoms with Crippen molar-refractivity contribution < 1.29 is 23.8 Å². The number of methoxy groups -OCH3 is 2. The molecule has 0 spiro atoms. The average molecular weight is 576 g/mol. The third-order valence-corrected chi connectivity index (χ3v) is 8.80. The van der Waals surface area contributed by atoms with E-state index < -0.39 is 0 Å². The van der Waals surface area contributed by atoms with E-state index >= 15 is 0 Å². The maximum Gasteiger partial charge on any atom is 0.226 e. The number of hydrogen-bond donors (Lipinski definition) is 1. The van der Waals surface area contributed by atoms with Gasteiger partial charge in [-0.2, -0.15) is 0 Å². The normalized spacial score (nSPS) is 14.5. The van der Waals surface area contributed by atoms with Gasteiger partial charge in [-0.05, 0) is 48.8 Å². The number of ether oxygens (including phenoxy) is 3. The van der Waals surface area contributed by atoms with Crippen LogP contribution in [0.25, 0.3) is 0 Å². The van der Waals surface area contributed by atoms with E-state index in [-0.39, 0.29) is 29.1 Å². The van der Waals surface area contributed by atoms with Crippen molar-refractivity contribution in [2.75, 3.05) is 66.7 Å². The van der Waals surface area contributed by atoms with Crippen LogP contribution >= 0.6 is 0 Å². The van der Waals surface area contributed by atoms with Crippen LogP contribution in [-0.2, 0) is 20.7 Å². The van der Waals surface area contributed by atoms with Crippen molar-refractivity contribution in [2.45, 2.75) is 79.6 Å². The molecule has 2 amide bonds. The van der Waals surface area contributed by atoms with E-state index in [2.05, 4.69) is 50.0 Å². The highest BCUT2D eigenvalue weighted by Gasteiger charge is 2.43. The van der Waals surface area contributed by atoms with Crippen LogP contribution in [0.15, 0.2) is 18.2 Å². The second-order valence-electron chi connectivity index (χ2n) is 12.0. The Kier molecular flexibility index (Phi) is 15.5. The summed E-state index contributed by atoms with van der Waals surface area (Å²) in [5.74, 6) is 2.43. The molecule has 1 heterocycles. The molecule has 0 bridgehead atoms. The molecule has 1 aromatic rings. The highest BCUT2D eigenvalue weighted by atomic mass is 16.5. The predicted molar refractivity (Wildman–Crippen MR) is 166 cm³/mol. The molecule has 0 radical (unpaired) electrons. The molecule has 41 heavy (non-hydrogen) atoms. The second kappa shape index (κ2) is 18.3. The molecule has 8 heteroatoms. The van der Waals surface area contributed by atoms with Crippen molar-refractivity contribution in [1.29, 1.82) is 0 Å². The number of nitrogens with zero attached hydrogens (tertiary/aromatic N) is 2. The number of amides is 2. The summed E-state index contributed by atoms with van der Waals surface area (Å²) in [6.45, 7) is 16.5. The number of piperazine rings is 1. The van der Waals surface area contributed by atoms with Crippen LogP contribution in [0.4, 0.5) is 0 Å². The molecular formula is C33H57N3O5. The van der Waals surface area contributed by atoms with Crippen LogP contribution in [0.1, 0.15) is 78.7 Å². The van der Waals surface area contributed by atoms with Gasteiger partial charge in [0.25, 0.3) is 0 Å². The SMILES string of the molecule is COCCCOc1cc(CCCCCCC(C(=O)NCCN2CCN(C(C)=O)CC2)(C(C)C)C(C)C)ccc1OC. The molecule has 8 nitrogen and oxygen atoms in total. The lowest BCUT2D eigenvalue weighted by Gasteiger charge is -2.40. The van der Waals surface area contributed by atoms with Crippen LogP contribution in [0.2, 0.25) is 0 Å². The molecule has 234 valence electrons. The van der Waals surface area contributed by atoms with Gasteiger partial charge >= 0.3 is 0 Å². The topological polar surface area (TPSA) is 80.3 Å². The van der Waals surface area contributed by atoms with E-state index in [1.807, 2.05) is 11.0 Å². The first-order valence-corrected chi connectivity index (χ1v) is 15.7. The first kappa shape index (κ1) is 34.9. The highest BCUT2D eigenvalue weighted by molar-refractivity contribution is 5.83. The van der Waals surface area contributed by atoms with E-state index in [0.29, 0.717) is 19.8 Å². The Morgan fingerprint density at radius 1 is 0.902 bits per heavy atom. The molecule has 1 aromatic carbocycles. The van der Waals surface area contributed by atoms with Gasteiger partial charge in [0.1, 0.15) is 0 Å². The van der Waals surface area contributed by atoms with Crippen molar-refractivity contribution in [3.05, 3.63) is 23.8 Å². The predicted octanol–water partition coefficient (Wildman–Crippen LogP) is 5.18. The minimum atomic E-state index is -0.363. The van der Waals surface area contributed by atoms with Gasteiger partial charge in [0.15, 0.2) is 11.5 Å². The number of carbonyl (C=O) groups excluding carboxylic acids is 2. The molecule has 0 aliphatic carbocycles. The number of benzene rings is 1. The first-order valence-electron chi connectivity index (χ1n) is 15.7. The van der Waals surface area contributed by atoms with Gasteiger partial charge in [0.2, 0.25) is 11.8 Å². The maximum atomic E-state index is 13.6. The van der Waals surface area contributed by atoms with Gasteiger partial charge in [-0.15, -0.1) is 0 Å². The summed E-state index contributed by atoms with van der Waals surface area (Å²) >= 11 is 0. The molecule has 0 aromatic heterocycles. The number of aryl methyl sites for hydroxylation is 1. The Bertz CT molecular complexity index is 904. The number of nitrogens with one attached hydrogen (secondary N) is 1. The Labute approximate surface area is 249 Å². The monoisotopic (exact) mass is 575 g/mol. The lowest BCUT2D eigenvalue weighted by atomic mass is 9.65. The van der Waals surface area contributed by atoms with E-state index in [9.17, 15) is 9.59 Å². The Morgan fingerprint density at radius 2 is 1.59 bits per heavy atom. The number of hydrogen-bond acceptors (Lipinski definition) is 6. The van der Waals surface area contributed by atoms with Gasteiger partial charge in [0, 0.05) is 66.3 Å². The summed E-state index contributed by atoms with van der Waals surface area (Å²) in [4.78, 5) is 29.4. The van der Waals surface area contributed by atoms with Gasteiger partial charge in [0.05, 0.1) is 19.1 Å². The van der Waals surface area contributed by atoms with E-state index in [0.717, 1.165) is 89.2 Å². The molecule has 0 unspecified atom stereocenters. The summed E-state index contributed by atoms with van der Waals surface area (Å²) in [7, 11) is 3.37. The van der Waals surface area contributed by atoms with Crippen molar-refractivity contribution >= 4 is 11.8 Å². The second-order valence-corrected chi connectivity index (χ2v) is 12.0. The largest absolute Gasteiger partial charge is 0.493 e. The zero-order chi connectivity index (χ0) is 30.3. The Hall–Kier alpha value is -2.32. The third-order valence-electron chi connectivity index (χ3n) is 8.80. The Morgan fingerprint density at radius 3 is 2.20 bits per heavy atom. The van der Waals surface area contributed by atoms with E-state index in [4.69, 9.17) is 14.2 Å². The minimum Gasteiger partial charge on any atom is -0.493 e. The molecule has 2 rings (SSSR count). The lowest BCUT2D eigenvalue weighted by Crippen LogP contribution is -2.52.